The maximum absolute atomic E-state index is 12.3. The lowest BCUT2D eigenvalue weighted by Crippen LogP contribution is -2.17. The van der Waals surface area contributed by atoms with Crippen LogP contribution in [0.25, 0.3) is 10.8 Å². The van der Waals surface area contributed by atoms with Crippen LogP contribution in [0.1, 0.15) is 25.3 Å². The largest absolute Gasteiger partial charge is 0.493 e. The van der Waals surface area contributed by atoms with Crippen LogP contribution in [0.5, 0.6) is 5.75 Å². The molecule has 2 N–H and O–H groups in total. The van der Waals surface area contributed by atoms with Crippen molar-refractivity contribution < 1.29 is 9.53 Å². The second kappa shape index (κ2) is 9.74. The molecule has 1 amide bonds. The molecule has 27 heavy (non-hydrogen) atoms. The molecule has 3 rings (SSSR count). The fourth-order valence-electron chi connectivity index (χ4n) is 3.01. The molecule has 0 fully saturated rings. The number of amides is 1. The first kappa shape index (κ1) is 18.9. The van der Waals surface area contributed by atoms with E-state index in [-0.39, 0.29) is 5.91 Å². The van der Waals surface area contributed by atoms with Crippen LogP contribution in [0.3, 0.4) is 0 Å². The van der Waals surface area contributed by atoms with E-state index in [2.05, 4.69) is 35.8 Å². The first-order valence-electron chi connectivity index (χ1n) is 9.47. The molecular weight excluding hydrogens is 336 g/mol. The van der Waals surface area contributed by atoms with E-state index in [0.717, 1.165) is 40.9 Å². The highest BCUT2D eigenvalue weighted by atomic mass is 16.5. The summed E-state index contributed by atoms with van der Waals surface area (Å²) < 4.78 is 5.91. The third kappa shape index (κ3) is 5.31. The molecule has 3 aromatic carbocycles. The Bertz CT molecular complexity index is 887. The van der Waals surface area contributed by atoms with Gasteiger partial charge < -0.3 is 15.4 Å². The Hall–Kier alpha value is -2.85. The zero-order valence-electron chi connectivity index (χ0n) is 15.7. The average Bonchev–Trinajstić information content (AvgIpc) is 2.70. The summed E-state index contributed by atoms with van der Waals surface area (Å²) in [6.07, 6.45) is 1.10. The highest BCUT2D eigenvalue weighted by molar-refractivity contribution is 5.91. The van der Waals surface area contributed by atoms with Gasteiger partial charge in [0.15, 0.2) is 0 Å². The van der Waals surface area contributed by atoms with Gasteiger partial charge in [-0.1, -0.05) is 61.5 Å². The molecule has 0 unspecified atom stereocenters. The lowest BCUT2D eigenvalue weighted by Gasteiger charge is -2.12. The van der Waals surface area contributed by atoms with Crippen molar-refractivity contribution in [2.45, 2.75) is 26.3 Å². The smallest absolute Gasteiger partial charge is 0.224 e. The van der Waals surface area contributed by atoms with E-state index in [9.17, 15) is 4.79 Å². The topological polar surface area (TPSA) is 50.4 Å². The van der Waals surface area contributed by atoms with Crippen molar-refractivity contribution in [2.24, 2.45) is 0 Å². The zero-order valence-corrected chi connectivity index (χ0v) is 15.7. The third-order valence-electron chi connectivity index (χ3n) is 4.41. The van der Waals surface area contributed by atoms with Crippen molar-refractivity contribution >= 4 is 22.4 Å². The fraction of sp³-hybridized carbons (Fsp3) is 0.261. The van der Waals surface area contributed by atoms with Gasteiger partial charge in [-0.05, 0) is 36.0 Å². The highest BCUT2D eigenvalue weighted by Crippen LogP contribution is 2.25. The number of carbonyl (C=O) groups is 1. The number of fused-ring (bicyclic) bond motifs is 1. The van der Waals surface area contributed by atoms with Gasteiger partial charge in [-0.2, -0.15) is 0 Å². The SMILES string of the molecule is CCNCc1ccccc1NC(=O)CCCOc1cccc2ccccc12. The number of nitrogens with one attached hydrogen (secondary N) is 2. The molecule has 0 atom stereocenters. The Labute approximate surface area is 160 Å². The lowest BCUT2D eigenvalue weighted by atomic mass is 10.1. The summed E-state index contributed by atoms with van der Waals surface area (Å²) in [5.41, 5.74) is 1.97. The van der Waals surface area contributed by atoms with E-state index in [1.54, 1.807) is 0 Å². The minimum Gasteiger partial charge on any atom is -0.493 e. The first-order chi connectivity index (χ1) is 13.3. The van der Waals surface area contributed by atoms with Gasteiger partial charge in [0.2, 0.25) is 5.91 Å². The normalized spacial score (nSPS) is 10.7. The van der Waals surface area contributed by atoms with Crippen molar-refractivity contribution in [3.63, 3.8) is 0 Å². The average molecular weight is 362 g/mol. The van der Waals surface area contributed by atoms with Crippen LogP contribution in [0.4, 0.5) is 5.69 Å². The van der Waals surface area contributed by atoms with Crippen LogP contribution in [-0.2, 0) is 11.3 Å². The van der Waals surface area contributed by atoms with Gasteiger partial charge in [-0.25, -0.2) is 0 Å². The number of hydrogen-bond donors (Lipinski definition) is 2. The molecule has 0 heterocycles. The number of carbonyl (C=O) groups excluding carboxylic acids is 1. The molecule has 0 bridgehead atoms. The predicted octanol–water partition coefficient (Wildman–Crippen LogP) is 4.75. The molecule has 0 saturated carbocycles. The Morgan fingerprint density at radius 1 is 0.963 bits per heavy atom. The van der Waals surface area contributed by atoms with Gasteiger partial charge in [0.1, 0.15) is 5.75 Å². The van der Waals surface area contributed by atoms with E-state index in [1.807, 2.05) is 48.5 Å². The number of para-hydroxylation sites is 1. The second-order valence-corrected chi connectivity index (χ2v) is 6.41. The molecule has 0 aliphatic heterocycles. The van der Waals surface area contributed by atoms with E-state index in [4.69, 9.17) is 4.74 Å². The number of anilines is 1. The summed E-state index contributed by atoms with van der Waals surface area (Å²) >= 11 is 0. The summed E-state index contributed by atoms with van der Waals surface area (Å²) in [6, 6.07) is 22.1. The van der Waals surface area contributed by atoms with Gasteiger partial charge in [-0.3, -0.25) is 4.79 Å². The van der Waals surface area contributed by atoms with E-state index in [1.165, 1.54) is 0 Å². The Kier molecular flexibility index (Phi) is 6.83. The molecule has 0 aliphatic carbocycles. The molecule has 3 aromatic rings. The van der Waals surface area contributed by atoms with Crippen LogP contribution in [0.15, 0.2) is 66.7 Å². The number of benzene rings is 3. The molecule has 0 aliphatic rings. The third-order valence-corrected chi connectivity index (χ3v) is 4.41. The highest BCUT2D eigenvalue weighted by Gasteiger charge is 2.07. The molecule has 0 radical (unpaired) electrons. The lowest BCUT2D eigenvalue weighted by molar-refractivity contribution is -0.116. The van der Waals surface area contributed by atoms with Gasteiger partial charge >= 0.3 is 0 Å². The van der Waals surface area contributed by atoms with E-state index < -0.39 is 0 Å². The number of rotatable bonds is 9. The maximum Gasteiger partial charge on any atom is 0.224 e. The van der Waals surface area contributed by atoms with Crippen LogP contribution in [-0.4, -0.2) is 19.1 Å². The molecule has 4 nitrogen and oxygen atoms in total. The first-order valence-corrected chi connectivity index (χ1v) is 9.47. The van der Waals surface area contributed by atoms with Gasteiger partial charge in [0.05, 0.1) is 6.61 Å². The molecule has 4 heteroatoms. The Morgan fingerprint density at radius 2 is 1.74 bits per heavy atom. The summed E-state index contributed by atoms with van der Waals surface area (Å²) in [5, 5.41) is 8.56. The van der Waals surface area contributed by atoms with Gasteiger partial charge in [-0.15, -0.1) is 0 Å². The zero-order chi connectivity index (χ0) is 18.9. The van der Waals surface area contributed by atoms with Crippen molar-refractivity contribution in [1.82, 2.24) is 5.32 Å². The molecule has 0 saturated heterocycles. The van der Waals surface area contributed by atoms with E-state index >= 15 is 0 Å². The minimum atomic E-state index is 0.0143. The van der Waals surface area contributed by atoms with Gasteiger partial charge in [0, 0.05) is 24.0 Å². The fourth-order valence-corrected chi connectivity index (χ4v) is 3.01. The molecular formula is C23H26N2O2. The van der Waals surface area contributed by atoms with Crippen LogP contribution < -0.4 is 15.4 Å². The molecule has 140 valence electrons. The Morgan fingerprint density at radius 3 is 2.63 bits per heavy atom. The Balaban J connectivity index is 1.49. The number of ether oxygens (including phenoxy) is 1. The van der Waals surface area contributed by atoms with Gasteiger partial charge in [0.25, 0.3) is 0 Å². The van der Waals surface area contributed by atoms with Crippen LogP contribution >= 0.6 is 0 Å². The summed E-state index contributed by atoms with van der Waals surface area (Å²) in [6.45, 7) is 4.22. The molecule has 0 aromatic heterocycles. The minimum absolute atomic E-state index is 0.0143. The molecule has 0 spiro atoms. The summed E-state index contributed by atoms with van der Waals surface area (Å²) in [7, 11) is 0. The summed E-state index contributed by atoms with van der Waals surface area (Å²) in [5.74, 6) is 0.880. The van der Waals surface area contributed by atoms with E-state index in [0.29, 0.717) is 19.4 Å². The predicted molar refractivity (Wildman–Crippen MR) is 111 cm³/mol. The quantitative estimate of drug-likeness (QED) is 0.540. The maximum atomic E-state index is 12.3. The monoisotopic (exact) mass is 362 g/mol. The number of hydrogen-bond acceptors (Lipinski definition) is 3. The van der Waals surface area contributed by atoms with Crippen molar-refractivity contribution in [3.8, 4) is 5.75 Å². The second-order valence-electron chi connectivity index (χ2n) is 6.41. The van der Waals surface area contributed by atoms with Crippen molar-refractivity contribution in [1.29, 1.82) is 0 Å². The summed E-state index contributed by atoms with van der Waals surface area (Å²) in [4.78, 5) is 12.3. The van der Waals surface area contributed by atoms with Crippen LogP contribution in [0, 0.1) is 0 Å². The van der Waals surface area contributed by atoms with Crippen molar-refractivity contribution in [2.75, 3.05) is 18.5 Å². The van der Waals surface area contributed by atoms with Crippen LogP contribution in [0.2, 0.25) is 0 Å². The van der Waals surface area contributed by atoms with Crippen molar-refractivity contribution in [3.05, 3.63) is 72.3 Å². The standard InChI is InChI=1S/C23H26N2O2/c1-2-24-17-19-10-4-6-13-21(19)25-23(26)15-8-16-27-22-14-7-11-18-9-3-5-12-20(18)22/h3-7,9-14,24H,2,8,15-17H2,1H3,(H,25,26).